The smallest absolute Gasteiger partial charge is 0.254 e. The molecule has 0 radical (unpaired) electrons. The zero-order chi connectivity index (χ0) is 28.1. The number of aromatic nitrogens is 4. The summed E-state index contributed by atoms with van der Waals surface area (Å²) in [5.74, 6) is 0.620. The van der Waals surface area contributed by atoms with Crippen molar-refractivity contribution in [2.45, 2.75) is 64.1 Å². The Balaban J connectivity index is 1.50. The minimum absolute atomic E-state index is 0.0842. The highest BCUT2D eigenvalue weighted by Crippen LogP contribution is 2.23. The summed E-state index contributed by atoms with van der Waals surface area (Å²) in [5.41, 5.74) is 0.966. The molecule has 11 nitrogen and oxygen atoms in total. The average Bonchev–Trinajstić information content (AvgIpc) is 3.34. The van der Waals surface area contributed by atoms with E-state index >= 15 is 0 Å². The van der Waals surface area contributed by atoms with Gasteiger partial charge in [0.1, 0.15) is 17.7 Å². The molecule has 0 bridgehead atoms. The number of aromatic amines is 1. The van der Waals surface area contributed by atoms with Gasteiger partial charge >= 0.3 is 0 Å². The summed E-state index contributed by atoms with van der Waals surface area (Å²) < 4.78 is 1.76. The highest BCUT2D eigenvalue weighted by Gasteiger charge is 2.34. The molecule has 2 N–H and O–H groups in total. The number of hydrogen-bond donors (Lipinski definition) is 2. The number of H-pyrrole nitrogens is 1. The van der Waals surface area contributed by atoms with Gasteiger partial charge in [0.2, 0.25) is 17.4 Å². The Morgan fingerprint density at radius 2 is 1.82 bits per heavy atom. The van der Waals surface area contributed by atoms with Crippen molar-refractivity contribution in [3.8, 4) is 0 Å². The Hall–Kier alpha value is -4.28. The van der Waals surface area contributed by atoms with Crippen LogP contribution in [0.4, 0.5) is 0 Å². The summed E-state index contributed by atoms with van der Waals surface area (Å²) in [6.07, 6.45) is 4.95. The number of hydrogen-bond acceptors (Lipinski definition) is 6. The molecule has 2 aromatic heterocycles. The molecule has 1 saturated heterocycles. The Bertz CT molecular complexity index is 1420. The Morgan fingerprint density at radius 1 is 1.00 bits per heavy atom. The van der Waals surface area contributed by atoms with Crippen LogP contribution in [0.3, 0.4) is 0 Å². The van der Waals surface area contributed by atoms with Gasteiger partial charge in [-0.25, -0.2) is 9.67 Å². The molecule has 0 aliphatic carbocycles. The van der Waals surface area contributed by atoms with Crippen LogP contribution in [0.1, 0.15) is 65.7 Å². The van der Waals surface area contributed by atoms with Gasteiger partial charge in [-0.1, -0.05) is 30.3 Å². The second kappa shape index (κ2) is 12.3. The van der Waals surface area contributed by atoms with Gasteiger partial charge in [-0.3, -0.25) is 19.2 Å². The first-order valence-electron chi connectivity index (χ1n) is 13.9. The van der Waals surface area contributed by atoms with Crippen LogP contribution in [0.5, 0.6) is 0 Å². The number of fused-ring (bicyclic) bond motifs is 2. The predicted molar refractivity (Wildman–Crippen MR) is 147 cm³/mol. The quantitative estimate of drug-likeness (QED) is 0.517. The minimum atomic E-state index is -0.547. The number of benzene rings is 1. The van der Waals surface area contributed by atoms with Gasteiger partial charge in [0.15, 0.2) is 0 Å². The van der Waals surface area contributed by atoms with Crippen molar-refractivity contribution >= 4 is 17.7 Å². The van der Waals surface area contributed by atoms with E-state index < -0.39 is 12.1 Å². The van der Waals surface area contributed by atoms with Crippen molar-refractivity contribution in [1.29, 1.82) is 0 Å². The summed E-state index contributed by atoms with van der Waals surface area (Å²) >= 11 is 0. The van der Waals surface area contributed by atoms with E-state index in [0.717, 1.165) is 18.4 Å². The first-order chi connectivity index (χ1) is 19.4. The van der Waals surface area contributed by atoms with E-state index in [1.54, 1.807) is 27.5 Å². The summed E-state index contributed by atoms with van der Waals surface area (Å²) in [4.78, 5) is 62.9. The molecule has 1 aromatic carbocycles. The van der Waals surface area contributed by atoms with Crippen molar-refractivity contribution in [2.75, 3.05) is 19.6 Å². The third kappa shape index (κ3) is 6.30. The first-order valence-corrected chi connectivity index (χ1v) is 13.9. The average molecular weight is 546 g/mol. The lowest BCUT2D eigenvalue weighted by molar-refractivity contribution is -0.142. The molecule has 2 aliphatic rings. The Morgan fingerprint density at radius 3 is 2.62 bits per heavy atom. The molecule has 4 heterocycles. The number of rotatable bonds is 3. The Labute approximate surface area is 232 Å². The SMILES string of the molecule is Cc1nc2n(n1)CCN(C(=O)c1cc[nH]c(=O)c1)CCCC(=O)N1CCCC[C@H]1C(=O)N[C@@H]2Cc1ccccc1. The molecular formula is C29H35N7O4. The van der Waals surface area contributed by atoms with E-state index in [0.29, 0.717) is 57.1 Å². The van der Waals surface area contributed by atoms with E-state index in [9.17, 15) is 19.2 Å². The van der Waals surface area contributed by atoms with Crippen LogP contribution in [0.15, 0.2) is 53.5 Å². The van der Waals surface area contributed by atoms with Crippen LogP contribution in [0.25, 0.3) is 0 Å². The van der Waals surface area contributed by atoms with E-state index in [2.05, 4.69) is 15.4 Å². The predicted octanol–water partition coefficient (Wildman–Crippen LogP) is 1.99. The standard InChI is InChI=1S/C29H35N7O4/c1-20-31-27-23(18-21-8-3-2-4-9-21)32-28(39)24-10-5-6-15-35(24)26(38)11-7-14-34(16-17-36(27)33-20)29(40)22-12-13-30-25(37)19-22/h2-4,8-9,12-13,19,23-24H,5-7,10-11,14-18H2,1H3,(H,30,37)(H,32,39)/t23-,24+/m1/s1. The van der Waals surface area contributed by atoms with Gasteiger partial charge in [-0.2, -0.15) is 5.10 Å². The van der Waals surface area contributed by atoms with Crippen molar-refractivity contribution in [1.82, 2.24) is 34.9 Å². The fraction of sp³-hybridized carbons (Fsp3) is 0.448. The minimum Gasteiger partial charge on any atom is -0.344 e. The van der Waals surface area contributed by atoms with Crippen LogP contribution in [0, 0.1) is 6.92 Å². The number of pyridine rings is 1. The maximum Gasteiger partial charge on any atom is 0.254 e. The third-order valence-electron chi connectivity index (χ3n) is 7.55. The molecule has 0 spiro atoms. The number of carbonyl (C=O) groups is 3. The molecular weight excluding hydrogens is 510 g/mol. The van der Waals surface area contributed by atoms with Gasteiger partial charge < -0.3 is 20.1 Å². The van der Waals surface area contributed by atoms with Gasteiger partial charge in [-0.05, 0) is 50.7 Å². The molecule has 11 heteroatoms. The molecule has 0 unspecified atom stereocenters. The summed E-state index contributed by atoms with van der Waals surface area (Å²) in [5, 5.41) is 7.81. The topological polar surface area (TPSA) is 133 Å². The number of nitrogens with zero attached hydrogens (tertiary/aromatic N) is 5. The maximum atomic E-state index is 13.7. The first kappa shape index (κ1) is 27.3. The second-order valence-corrected chi connectivity index (χ2v) is 10.4. The second-order valence-electron chi connectivity index (χ2n) is 10.4. The Kier molecular flexibility index (Phi) is 8.37. The van der Waals surface area contributed by atoms with Crippen molar-refractivity contribution in [2.24, 2.45) is 0 Å². The van der Waals surface area contributed by atoms with E-state index in [1.807, 2.05) is 30.3 Å². The van der Waals surface area contributed by atoms with Crippen molar-refractivity contribution in [3.05, 3.63) is 81.8 Å². The summed E-state index contributed by atoms with van der Waals surface area (Å²) in [7, 11) is 0. The molecule has 0 saturated carbocycles. The molecule has 1 fully saturated rings. The number of nitrogens with one attached hydrogen (secondary N) is 2. The molecule has 2 aliphatic heterocycles. The normalized spacial score (nSPS) is 20.7. The molecule has 3 aromatic rings. The molecule has 5 rings (SSSR count). The molecule has 210 valence electrons. The third-order valence-corrected chi connectivity index (χ3v) is 7.55. The summed E-state index contributed by atoms with van der Waals surface area (Å²) in [6.45, 7) is 3.31. The van der Waals surface area contributed by atoms with Crippen molar-refractivity contribution < 1.29 is 14.4 Å². The fourth-order valence-corrected chi connectivity index (χ4v) is 5.58. The fourth-order valence-electron chi connectivity index (χ4n) is 5.58. The van der Waals surface area contributed by atoms with Crippen LogP contribution in [-0.4, -0.2) is 72.9 Å². The van der Waals surface area contributed by atoms with Gasteiger partial charge in [0.05, 0.1) is 12.6 Å². The van der Waals surface area contributed by atoms with E-state index in [1.165, 1.54) is 12.3 Å². The summed E-state index contributed by atoms with van der Waals surface area (Å²) in [6, 6.07) is 11.7. The number of amides is 3. The van der Waals surface area contributed by atoms with Gasteiger partial charge in [0, 0.05) is 43.9 Å². The lowest BCUT2D eigenvalue weighted by atomic mass is 9.99. The number of piperidine rings is 1. The largest absolute Gasteiger partial charge is 0.344 e. The zero-order valence-corrected chi connectivity index (χ0v) is 22.7. The number of carbonyl (C=O) groups excluding carboxylic acids is 3. The van der Waals surface area contributed by atoms with Crippen LogP contribution in [0.2, 0.25) is 0 Å². The van der Waals surface area contributed by atoms with E-state index in [4.69, 9.17) is 4.98 Å². The van der Waals surface area contributed by atoms with Crippen LogP contribution in [-0.2, 0) is 22.6 Å². The van der Waals surface area contributed by atoms with Gasteiger partial charge in [-0.15, -0.1) is 0 Å². The number of aryl methyl sites for hydroxylation is 1. The molecule has 3 amide bonds. The maximum absolute atomic E-state index is 13.7. The highest BCUT2D eigenvalue weighted by atomic mass is 16.2. The molecule has 40 heavy (non-hydrogen) atoms. The van der Waals surface area contributed by atoms with Crippen LogP contribution < -0.4 is 10.9 Å². The van der Waals surface area contributed by atoms with Gasteiger partial charge in [0.25, 0.3) is 5.91 Å². The highest BCUT2D eigenvalue weighted by molar-refractivity contribution is 5.94. The lowest BCUT2D eigenvalue weighted by Crippen LogP contribution is -2.53. The molecule has 2 atom stereocenters. The van der Waals surface area contributed by atoms with E-state index in [-0.39, 0.29) is 35.3 Å². The van der Waals surface area contributed by atoms with Crippen LogP contribution >= 0.6 is 0 Å². The zero-order valence-electron chi connectivity index (χ0n) is 22.7. The lowest BCUT2D eigenvalue weighted by Gasteiger charge is -2.36. The van der Waals surface area contributed by atoms with Crippen molar-refractivity contribution in [3.63, 3.8) is 0 Å². The monoisotopic (exact) mass is 545 g/mol.